The lowest BCUT2D eigenvalue weighted by Gasteiger charge is -2.16. The first kappa shape index (κ1) is 15.8. The van der Waals surface area contributed by atoms with Crippen molar-refractivity contribution in [2.24, 2.45) is 10.9 Å². The molecule has 5 heteroatoms. The van der Waals surface area contributed by atoms with Crippen molar-refractivity contribution in [1.29, 1.82) is 0 Å². The van der Waals surface area contributed by atoms with E-state index in [9.17, 15) is 4.79 Å². The Morgan fingerprint density at radius 1 is 1.22 bits per heavy atom. The Morgan fingerprint density at radius 2 is 1.96 bits per heavy atom. The first-order valence-corrected chi connectivity index (χ1v) is 8.54. The van der Waals surface area contributed by atoms with Crippen molar-refractivity contribution in [2.75, 3.05) is 20.1 Å². The molecule has 1 amide bonds. The molecular weight excluding hydrogens is 288 g/mol. The highest BCUT2D eigenvalue weighted by Gasteiger charge is 2.21. The summed E-state index contributed by atoms with van der Waals surface area (Å²) in [7, 11) is 1.80. The molecule has 1 aromatic rings. The minimum absolute atomic E-state index is 0.279. The van der Waals surface area contributed by atoms with Crippen molar-refractivity contribution in [3.8, 4) is 0 Å². The van der Waals surface area contributed by atoms with Crippen molar-refractivity contribution < 1.29 is 4.79 Å². The van der Waals surface area contributed by atoms with Crippen LogP contribution in [-0.2, 0) is 17.9 Å². The fourth-order valence-electron chi connectivity index (χ4n) is 2.82. The summed E-state index contributed by atoms with van der Waals surface area (Å²) in [6.45, 7) is 3.40. The van der Waals surface area contributed by atoms with Gasteiger partial charge in [0.2, 0.25) is 5.91 Å². The summed E-state index contributed by atoms with van der Waals surface area (Å²) in [5.74, 6) is 1.98. The van der Waals surface area contributed by atoms with Gasteiger partial charge in [0.25, 0.3) is 0 Å². The third-order valence-corrected chi connectivity index (χ3v) is 4.51. The van der Waals surface area contributed by atoms with Crippen LogP contribution in [0.15, 0.2) is 29.3 Å². The minimum atomic E-state index is 0.279. The number of carbonyl (C=O) groups excluding carboxylic acids is 1. The first-order valence-electron chi connectivity index (χ1n) is 8.54. The van der Waals surface area contributed by atoms with Crippen molar-refractivity contribution in [3.05, 3.63) is 35.4 Å². The quantitative estimate of drug-likeness (QED) is 0.623. The number of rotatable bonds is 6. The van der Waals surface area contributed by atoms with E-state index in [4.69, 9.17) is 0 Å². The molecular formula is C18H26N4O. The van der Waals surface area contributed by atoms with Gasteiger partial charge < -0.3 is 15.5 Å². The highest BCUT2D eigenvalue weighted by molar-refractivity contribution is 5.79. The zero-order chi connectivity index (χ0) is 16.1. The Morgan fingerprint density at radius 3 is 2.57 bits per heavy atom. The normalized spacial score (nSPS) is 18.4. The van der Waals surface area contributed by atoms with Crippen molar-refractivity contribution in [3.63, 3.8) is 0 Å². The molecule has 1 aliphatic carbocycles. The van der Waals surface area contributed by atoms with Crippen LogP contribution < -0.4 is 10.6 Å². The first-order chi connectivity index (χ1) is 11.2. The van der Waals surface area contributed by atoms with E-state index in [0.29, 0.717) is 6.42 Å². The van der Waals surface area contributed by atoms with Crippen LogP contribution in [0.2, 0.25) is 0 Å². The predicted molar refractivity (Wildman–Crippen MR) is 92.0 cm³/mol. The SMILES string of the molecule is CN=C(NCc1ccc(CN2CCCC2=O)cc1)NCC1CC1. The van der Waals surface area contributed by atoms with Gasteiger partial charge in [0.15, 0.2) is 5.96 Å². The van der Waals surface area contributed by atoms with Crippen LogP contribution in [-0.4, -0.2) is 36.9 Å². The van der Waals surface area contributed by atoms with Crippen molar-refractivity contribution >= 4 is 11.9 Å². The molecule has 0 atom stereocenters. The summed E-state index contributed by atoms with van der Waals surface area (Å²) >= 11 is 0. The van der Waals surface area contributed by atoms with Gasteiger partial charge in [-0.25, -0.2) is 0 Å². The van der Waals surface area contributed by atoms with Gasteiger partial charge in [0, 0.05) is 39.6 Å². The molecule has 5 nitrogen and oxygen atoms in total. The van der Waals surface area contributed by atoms with E-state index in [-0.39, 0.29) is 5.91 Å². The second kappa shape index (κ2) is 7.49. The summed E-state index contributed by atoms with van der Waals surface area (Å²) in [5, 5.41) is 6.70. The van der Waals surface area contributed by atoms with Gasteiger partial charge in [-0.15, -0.1) is 0 Å². The zero-order valence-corrected chi connectivity index (χ0v) is 13.8. The lowest BCUT2D eigenvalue weighted by Crippen LogP contribution is -2.37. The third-order valence-electron chi connectivity index (χ3n) is 4.51. The smallest absolute Gasteiger partial charge is 0.222 e. The van der Waals surface area contributed by atoms with Gasteiger partial charge in [-0.05, 0) is 36.3 Å². The van der Waals surface area contributed by atoms with Gasteiger partial charge in [0.05, 0.1) is 0 Å². The maximum Gasteiger partial charge on any atom is 0.222 e. The molecule has 23 heavy (non-hydrogen) atoms. The van der Waals surface area contributed by atoms with E-state index in [1.165, 1.54) is 24.0 Å². The number of guanidine groups is 1. The van der Waals surface area contributed by atoms with E-state index in [1.807, 2.05) is 4.90 Å². The minimum Gasteiger partial charge on any atom is -0.356 e. The monoisotopic (exact) mass is 314 g/mol. The molecule has 1 heterocycles. The van der Waals surface area contributed by atoms with Crippen LogP contribution in [0, 0.1) is 5.92 Å². The lowest BCUT2D eigenvalue weighted by atomic mass is 10.1. The topological polar surface area (TPSA) is 56.7 Å². The van der Waals surface area contributed by atoms with Crippen LogP contribution in [0.1, 0.15) is 36.8 Å². The summed E-state index contributed by atoms with van der Waals surface area (Å²) in [6, 6.07) is 8.47. The number of likely N-dealkylation sites (tertiary alicyclic amines) is 1. The van der Waals surface area contributed by atoms with E-state index >= 15 is 0 Å². The molecule has 2 N–H and O–H groups in total. The summed E-state index contributed by atoms with van der Waals surface area (Å²) in [6.07, 6.45) is 4.37. The van der Waals surface area contributed by atoms with Gasteiger partial charge in [-0.2, -0.15) is 0 Å². The number of aliphatic imine (C=N–C) groups is 1. The van der Waals surface area contributed by atoms with Crippen LogP contribution in [0.3, 0.4) is 0 Å². The Bertz CT molecular complexity index is 563. The van der Waals surface area contributed by atoms with Crippen molar-refractivity contribution in [2.45, 2.75) is 38.8 Å². The number of benzene rings is 1. The molecule has 0 aromatic heterocycles. The molecule has 0 bridgehead atoms. The van der Waals surface area contributed by atoms with E-state index in [0.717, 1.165) is 44.5 Å². The van der Waals surface area contributed by atoms with E-state index in [2.05, 4.69) is 39.9 Å². The largest absolute Gasteiger partial charge is 0.356 e. The second-order valence-corrected chi connectivity index (χ2v) is 6.49. The molecule has 124 valence electrons. The average molecular weight is 314 g/mol. The highest BCUT2D eigenvalue weighted by atomic mass is 16.2. The Hall–Kier alpha value is -2.04. The number of nitrogens with one attached hydrogen (secondary N) is 2. The Labute approximate surface area is 138 Å². The number of hydrogen-bond acceptors (Lipinski definition) is 2. The lowest BCUT2D eigenvalue weighted by molar-refractivity contribution is -0.128. The Kier molecular flexibility index (Phi) is 5.16. The number of amides is 1. The molecule has 0 unspecified atom stereocenters. The van der Waals surface area contributed by atoms with Crippen molar-refractivity contribution in [1.82, 2.24) is 15.5 Å². The molecule has 1 aromatic carbocycles. The van der Waals surface area contributed by atoms with Gasteiger partial charge >= 0.3 is 0 Å². The van der Waals surface area contributed by atoms with Gasteiger partial charge in [-0.3, -0.25) is 9.79 Å². The standard InChI is InChI=1S/C18H26N4O/c1-19-18(20-11-14-4-5-14)21-12-15-6-8-16(9-7-15)13-22-10-2-3-17(22)23/h6-9,14H,2-5,10-13H2,1H3,(H2,19,20,21). The fourth-order valence-corrected chi connectivity index (χ4v) is 2.82. The highest BCUT2D eigenvalue weighted by Crippen LogP contribution is 2.27. The van der Waals surface area contributed by atoms with Crippen LogP contribution in [0.5, 0.6) is 0 Å². The molecule has 1 saturated heterocycles. The average Bonchev–Trinajstić information content (AvgIpc) is 3.32. The fraction of sp³-hybridized carbons (Fsp3) is 0.556. The molecule has 0 spiro atoms. The maximum atomic E-state index is 11.7. The van der Waals surface area contributed by atoms with Crippen LogP contribution in [0.25, 0.3) is 0 Å². The number of nitrogens with zero attached hydrogens (tertiary/aromatic N) is 2. The van der Waals surface area contributed by atoms with Crippen LogP contribution >= 0.6 is 0 Å². The molecule has 2 fully saturated rings. The molecule has 2 aliphatic rings. The number of carbonyl (C=O) groups is 1. The predicted octanol–water partition coefficient (Wildman–Crippen LogP) is 1.88. The summed E-state index contributed by atoms with van der Waals surface area (Å²) in [4.78, 5) is 17.9. The maximum absolute atomic E-state index is 11.7. The number of hydrogen-bond donors (Lipinski definition) is 2. The molecule has 1 aliphatic heterocycles. The molecule has 1 saturated carbocycles. The van der Waals surface area contributed by atoms with Crippen LogP contribution in [0.4, 0.5) is 0 Å². The summed E-state index contributed by atoms with van der Waals surface area (Å²) < 4.78 is 0. The molecule has 0 radical (unpaired) electrons. The Balaban J connectivity index is 1.45. The van der Waals surface area contributed by atoms with Gasteiger partial charge in [-0.1, -0.05) is 24.3 Å². The zero-order valence-electron chi connectivity index (χ0n) is 13.8. The van der Waals surface area contributed by atoms with E-state index < -0.39 is 0 Å². The summed E-state index contributed by atoms with van der Waals surface area (Å²) in [5.41, 5.74) is 2.41. The van der Waals surface area contributed by atoms with E-state index in [1.54, 1.807) is 7.05 Å². The third kappa shape index (κ3) is 4.71. The molecule has 3 rings (SSSR count). The van der Waals surface area contributed by atoms with Gasteiger partial charge in [0.1, 0.15) is 0 Å². The second-order valence-electron chi connectivity index (χ2n) is 6.49.